The van der Waals surface area contributed by atoms with Crippen LogP contribution in [-0.4, -0.2) is 32.3 Å². The second-order valence-electron chi connectivity index (χ2n) is 3.65. The molecule has 2 rings (SSSR count). The Bertz CT molecular complexity index is 219. The molecule has 0 aromatic rings. The lowest BCUT2D eigenvalue weighted by Gasteiger charge is -2.37. The van der Waals surface area contributed by atoms with Crippen molar-refractivity contribution in [2.45, 2.75) is 12.5 Å². The van der Waals surface area contributed by atoms with Crippen LogP contribution in [0, 0.1) is 5.41 Å². The Hall–Kier alpha value is -0.770. The van der Waals surface area contributed by atoms with E-state index >= 15 is 0 Å². The first kappa shape index (κ1) is 7.86. The number of nitrogens with one attached hydrogen (secondary N) is 1. The van der Waals surface area contributed by atoms with Gasteiger partial charge in [0.1, 0.15) is 0 Å². The molecule has 1 spiro atoms. The highest BCUT2D eigenvalue weighted by atomic mass is 16.5. The summed E-state index contributed by atoms with van der Waals surface area (Å²) in [5.74, 6) is 0. The van der Waals surface area contributed by atoms with Crippen LogP contribution in [0.15, 0.2) is 5.11 Å². The molecule has 2 saturated heterocycles. The summed E-state index contributed by atoms with van der Waals surface area (Å²) in [6.45, 7) is 3.42. The van der Waals surface area contributed by atoms with Gasteiger partial charge in [-0.25, -0.2) is 0 Å². The number of rotatable bonds is 2. The molecule has 0 radical (unpaired) electrons. The first-order valence-corrected chi connectivity index (χ1v) is 4.18. The first-order chi connectivity index (χ1) is 5.85. The molecule has 0 amide bonds. The van der Waals surface area contributed by atoms with Crippen molar-refractivity contribution in [1.82, 2.24) is 5.32 Å². The lowest BCUT2D eigenvalue weighted by Crippen LogP contribution is -2.53. The van der Waals surface area contributed by atoms with Crippen molar-refractivity contribution in [2.75, 3.05) is 26.2 Å². The van der Waals surface area contributed by atoms with E-state index in [0.29, 0.717) is 12.0 Å². The minimum absolute atomic E-state index is 0.156. The fraction of sp³-hybridized carbons (Fsp3) is 1.00. The molecule has 2 aliphatic heterocycles. The topological polar surface area (TPSA) is 70.0 Å². The van der Waals surface area contributed by atoms with E-state index in [4.69, 9.17) is 10.3 Å². The van der Waals surface area contributed by atoms with E-state index in [1.54, 1.807) is 0 Å². The number of ether oxygens (including phenoxy) is 1. The highest BCUT2D eigenvalue weighted by Gasteiger charge is 2.44. The molecule has 0 aromatic carbocycles. The van der Waals surface area contributed by atoms with Gasteiger partial charge in [-0.1, -0.05) is 5.11 Å². The third kappa shape index (κ3) is 1.27. The average molecular weight is 168 g/mol. The molecule has 5 heteroatoms. The third-order valence-corrected chi connectivity index (χ3v) is 2.63. The molecule has 0 bridgehead atoms. The predicted molar refractivity (Wildman–Crippen MR) is 43.7 cm³/mol. The largest absolute Gasteiger partial charge is 0.377 e. The molecule has 5 nitrogen and oxygen atoms in total. The summed E-state index contributed by atoms with van der Waals surface area (Å²) in [6.07, 6.45) is 1.20. The Balaban J connectivity index is 1.85. The van der Waals surface area contributed by atoms with Crippen LogP contribution < -0.4 is 5.32 Å². The van der Waals surface area contributed by atoms with Gasteiger partial charge in [0.15, 0.2) is 0 Å². The van der Waals surface area contributed by atoms with Crippen LogP contribution in [0.3, 0.4) is 0 Å². The predicted octanol–water partition coefficient (Wildman–Crippen LogP) is 0.675. The van der Waals surface area contributed by atoms with Gasteiger partial charge in [0.05, 0.1) is 19.3 Å². The zero-order valence-corrected chi connectivity index (χ0v) is 6.86. The van der Waals surface area contributed by atoms with Gasteiger partial charge in [-0.05, 0) is 12.0 Å². The zero-order chi connectivity index (χ0) is 8.44. The zero-order valence-electron chi connectivity index (χ0n) is 6.86. The van der Waals surface area contributed by atoms with Crippen LogP contribution in [-0.2, 0) is 4.74 Å². The number of hydrogen-bond donors (Lipinski definition) is 1. The van der Waals surface area contributed by atoms with Crippen molar-refractivity contribution < 1.29 is 4.74 Å². The second-order valence-corrected chi connectivity index (χ2v) is 3.65. The molecule has 0 aromatic heterocycles. The number of hydrogen-bond acceptors (Lipinski definition) is 3. The van der Waals surface area contributed by atoms with Crippen LogP contribution in [0.2, 0.25) is 0 Å². The Labute approximate surface area is 70.7 Å². The summed E-state index contributed by atoms with van der Waals surface area (Å²) < 4.78 is 5.51. The van der Waals surface area contributed by atoms with E-state index in [2.05, 4.69) is 15.3 Å². The Morgan fingerprint density at radius 1 is 1.67 bits per heavy atom. The van der Waals surface area contributed by atoms with E-state index in [1.165, 1.54) is 0 Å². The minimum Gasteiger partial charge on any atom is -0.377 e. The summed E-state index contributed by atoms with van der Waals surface area (Å²) in [4.78, 5) is 2.72. The minimum atomic E-state index is 0.156. The normalized spacial score (nSPS) is 31.2. The quantitative estimate of drug-likeness (QED) is 0.374. The highest BCUT2D eigenvalue weighted by molar-refractivity contribution is 4.98. The molecule has 0 aliphatic carbocycles. The molecule has 1 N–H and O–H groups in total. The first-order valence-electron chi connectivity index (χ1n) is 4.18. The maximum absolute atomic E-state index is 8.12. The van der Waals surface area contributed by atoms with E-state index in [-0.39, 0.29) is 6.10 Å². The lowest BCUT2D eigenvalue weighted by molar-refractivity contribution is 0.0830. The SMILES string of the molecule is [N-]=[N+]=NC[C@@H]1CC2(CNC2)CO1. The molecule has 2 heterocycles. The van der Waals surface area contributed by atoms with Gasteiger partial charge < -0.3 is 10.1 Å². The molecule has 12 heavy (non-hydrogen) atoms. The van der Waals surface area contributed by atoms with Gasteiger partial charge in [-0.3, -0.25) is 0 Å². The van der Waals surface area contributed by atoms with Crippen molar-refractivity contribution in [1.29, 1.82) is 0 Å². The summed E-state index contributed by atoms with van der Waals surface area (Å²) in [7, 11) is 0. The van der Waals surface area contributed by atoms with Gasteiger partial charge in [-0.15, -0.1) is 0 Å². The molecule has 1 atom stereocenters. The van der Waals surface area contributed by atoms with Crippen molar-refractivity contribution in [3.8, 4) is 0 Å². The number of nitrogens with zero attached hydrogens (tertiary/aromatic N) is 3. The molecular weight excluding hydrogens is 156 g/mol. The Kier molecular flexibility index (Phi) is 1.92. The van der Waals surface area contributed by atoms with E-state index in [0.717, 1.165) is 26.1 Å². The smallest absolute Gasteiger partial charge is 0.0638 e. The summed E-state index contributed by atoms with van der Waals surface area (Å²) >= 11 is 0. The summed E-state index contributed by atoms with van der Waals surface area (Å²) in [5.41, 5.74) is 8.49. The molecular formula is C7H12N4O. The molecule has 2 fully saturated rings. The van der Waals surface area contributed by atoms with Gasteiger partial charge in [0.25, 0.3) is 0 Å². The molecule has 0 saturated carbocycles. The van der Waals surface area contributed by atoms with Crippen LogP contribution in [0.25, 0.3) is 10.4 Å². The lowest BCUT2D eigenvalue weighted by atomic mass is 9.80. The van der Waals surface area contributed by atoms with E-state index < -0.39 is 0 Å². The monoisotopic (exact) mass is 168 g/mol. The summed E-state index contributed by atoms with van der Waals surface area (Å²) in [5, 5.41) is 6.75. The maximum Gasteiger partial charge on any atom is 0.0638 e. The van der Waals surface area contributed by atoms with Crippen LogP contribution in [0.4, 0.5) is 0 Å². The van der Waals surface area contributed by atoms with Crippen molar-refractivity contribution >= 4 is 0 Å². The van der Waals surface area contributed by atoms with Crippen molar-refractivity contribution in [3.63, 3.8) is 0 Å². The Morgan fingerprint density at radius 3 is 3.00 bits per heavy atom. The molecule has 66 valence electrons. The van der Waals surface area contributed by atoms with Gasteiger partial charge in [0.2, 0.25) is 0 Å². The van der Waals surface area contributed by atoms with Crippen molar-refractivity contribution in [2.24, 2.45) is 10.5 Å². The van der Waals surface area contributed by atoms with Crippen molar-refractivity contribution in [3.05, 3.63) is 10.4 Å². The summed E-state index contributed by atoms with van der Waals surface area (Å²) in [6, 6.07) is 0. The van der Waals surface area contributed by atoms with Crippen LogP contribution in [0.5, 0.6) is 0 Å². The van der Waals surface area contributed by atoms with Gasteiger partial charge in [0, 0.05) is 23.4 Å². The molecule has 2 aliphatic rings. The maximum atomic E-state index is 8.12. The van der Waals surface area contributed by atoms with Crippen LogP contribution >= 0.6 is 0 Å². The second kappa shape index (κ2) is 2.94. The van der Waals surface area contributed by atoms with Gasteiger partial charge >= 0.3 is 0 Å². The average Bonchev–Trinajstić information content (AvgIpc) is 2.44. The number of azide groups is 1. The molecule has 0 unspecified atom stereocenters. The third-order valence-electron chi connectivity index (χ3n) is 2.63. The van der Waals surface area contributed by atoms with E-state index in [1.807, 2.05) is 0 Å². The highest BCUT2D eigenvalue weighted by Crippen LogP contribution is 2.35. The Morgan fingerprint density at radius 2 is 2.50 bits per heavy atom. The van der Waals surface area contributed by atoms with E-state index in [9.17, 15) is 0 Å². The van der Waals surface area contributed by atoms with Gasteiger partial charge in [-0.2, -0.15) is 0 Å². The fourth-order valence-corrected chi connectivity index (χ4v) is 1.87. The standard InChI is InChI=1S/C7H12N4O/c8-11-10-2-6-1-7(5-12-6)3-9-4-7/h6,9H,1-5H2/t6-/m0/s1. The van der Waals surface area contributed by atoms with Crippen LogP contribution in [0.1, 0.15) is 6.42 Å². The fourth-order valence-electron chi connectivity index (χ4n) is 1.87.